The third kappa shape index (κ3) is 4.55. The summed E-state index contributed by atoms with van der Waals surface area (Å²) in [5, 5.41) is 7.52. The lowest BCUT2D eigenvalue weighted by molar-refractivity contribution is 0.0890. The van der Waals surface area contributed by atoms with Gasteiger partial charge in [-0.2, -0.15) is 5.10 Å². The van der Waals surface area contributed by atoms with Crippen molar-refractivity contribution in [3.63, 3.8) is 0 Å². The number of carbonyl (C=O) groups excluding carboxylic acids is 1. The lowest BCUT2D eigenvalue weighted by Crippen LogP contribution is -2.49. The number of rotatable bonds is 5. The highest BCUT2D eigenvalue weighted by molar-refractivity contribution is 5.95. The minimum absolute atomic E-state index is 0.0158. The van der Waals surface area contributed by atoms with E-state index in [2.05, 4.69) is 45.6 Å². The van der Waals surface area contributed by atoms with Gasteiger partial charge in [-0.05, 0) is 38.2 Å². The first kappa shape index (κ1) is 20.1. The lowest BCUT2D eigenvalue weighted by atomic mass is 9.69. The fraction of sp³-hybridized carbons (Fsp3) is 0.583. The molecule has 1 aliphatic heterocycles. The fourth-order valence-corrected chi connectivity index (χ4v) is 5.31. The van der Waals surface area contributed by atoms with Crippen molar-refractivity contribution in [2.24, 2.45) is 7.05 Å². The van der Waals surface area contributed by atoms with E-state index >= 15 is 0 Å². The summed E-state index contributed by atoms with van der Waals surface area (Å²) in [5.41, 5.74) is 3.31. The van der Waals surface area contributed by atoms with Crippen molar-refractivity contribution in [2.45, 2.75) is 63.3 Å². The predicted octanol–water partition coefficient (Wildman–Crippen LogP) is 3.82. The molecule has 1 saturated carbocycles. The van der Waals surface area contributed by atoms with Gasteiger partial charge in [0.15, 0.2) is 0 Å². The summed E-state index contributed by atoms with van der Waals surface area (Å²) in [6.07, 6.45) is 10.5. The van der Waals surface area contributed by atoms with Crippen LogP contribution in [0.3, 0.4) is 0 Å². The van der Waals surface area contributed by atoms with Gasteiger partial charge in [-0.25, -0.2) is 0 Å². The fourth-order valence-electron chi connectivity index (χ4n) is 5.31. The highest BCUT2D eigenvalue weighted by Crippen LogP contribution is 2.40. The zero-order chi connectivity index (χ0) is 20.3. The first-order valence-corrected chi connectivity index (χ1v) is 11.1. The molecular formula is C24H34N4O. The van der Waals surface area contributed by atoms with Gasteiger partial charge < -0.3 is 10.2 Å². The van der Waals surface area contributed by atoms with Crippen LogP contribution in [0.1, 0.15) is 66.6 Å². The van der Waals surface area contributed by atoms with Crippen molar-refractivity contribution in [3.05, 3.63) is 53.3 Å². The number of nitrogens with zero attached hydrogens (tertiary/aromatic N) is 3. The maximum atomic E-state index is 12.6. The summed E-state index contributed by atoms with van der Waals surface area (Å²) in [6.45, 7) is 5.17. The molecule has 1 aromatic heterocycles. The van der Waals surface area contributed by atoms with Crippen molar-refractivity contribution >= 4 is 5.91 Å². The van der Waals surface area contributed by atoms with E-state index in [9.17, 15) is 4.79 Å². The Morgan fingerprint density at radius 3 is 2.45 bits per heavy atom. The molecule has 5 nitrogen and oxygen atoms in total. The average Bonchev–Trinajstić information content (AvgIpc) is 3.09. The third-order valence-corrected chi connectivity index (χ3v) is 6.90. The Hall–Kier alpha value is -2.14. The van der Waals surface area contributed by atoms with Gasteiger partial charge in [-0.15, -0.1) is 0 Å². The van der Waals surface area contributed by atoms with Crippen molar-refractivity contribution in [1.29, 1.82) is 0 Å². The highest BCUT2D eigenvalue weighted by Gasteiger charge is 2.36. The monoisotopic (exact) mass is 394 g/mol. The van der Waals surface area contributed by atoms with Crippen LogP contribution in [-0.4, -0.2) is 46.3 Å². The molecule has 2 aliphatic rings. The van der Waals surface area contributed by atoms with E-state index in [1.165, 1.54) is 37.7 Å². The molecule has 0 bridgehead atoms. The number of hydrogen-bond donors (Lipinski definition) is 1. The zero-order valence-electron chi connectivity index (χ0n) is 17.9. The first-order chi connectivity index (χ1) is 14.1. The molecule has 2 fully saturated rings. The van der Waals surface area contributed by atoms with Crippen LogP contribution in [0.25, 0.3) is 0 Å². The van der Waals surface area contributed by atoms with Crippen molar-refractivity contribution in [3.8, 4) is 0 Å². The maximum absolute atomic E-state index is 12.6. The minimum atomic E-state index is 0.0158. The molecule has 5 heteroatoms. The Morgan fingerprint density at radius 1 is 1.14 bits per heavy atom. The van der Waals surface area contributed by atoms with Gasteiger partial charge in [0.05, 0.1) is 11.3 Å². The summed E-state index contributed by atoms with van der Waals surface area (Å²) in [4.78, 5) is 15.2. The number of amides is 1. The molecule has 29 heavy (non-hydrogen) atoms. The van der Waals surface area contributed by atoms with E-state index in [4.69, 9.17) is 0 Å². The Balaban J connectivity index is 1.35. The van der Waals surface area contributed by atoms with Crippen LogP contribution in [0.5, 0.6) is 0 Å². The highest BCUT2D eigenvalue weighted by atomic mass is 16.1. The van der Waals surface area contributed by atoms with E-state index in [1.807, 2.05) is 20.2 Å². The van der Waals surface area contributed by atoms with E-state index in [1.54, 1.807) is 4.68 Å². The molecule has 2 heterocycles. The van der Waals surface area contributed by atoms with Crippen molar-refractivity contribution in [1.82, 2.24) is 20.0 Å². The quantitative estimate of drug-likeness (QED) is 0.839. The molecule has 1 aliphatic carbocycles. The van der Waals surface area contributed by atoms with E-state index in [0.717, 1.165) is 38.2 Å². The number of benzene rings is 1. The molecule has 1 N–H and O–H groups in total. The molecule has 156 valence electrons. The van der Waals surface area contributed by atoms with Gasteiger partial charge in [0, 0.05) is 44.3 Å². The lowest BCUT2D eigenvalue weighted by Gasteiger charge is -2.43. The summed E-state index contributed by atoms with van der Waals surface area (Å²) in [7, 11) is 1.86. The largest absolute Gasteiger partial charge is 0.349 e. The second-order valence-electron chi connectivity index (χ2n) is 9.03. The second kappa shape index (κ2) is 8.70. The van der Waals surface area contributed by atoms with Crippen molar-refractivity contribution in [2.75, 3.05) is 19.6 Å². The Morgan fingerprint density at radius 2 is 1.83 bits per heavy atom. The van der Waals surface area contributed by atoms with Gasteiger partial charge in [-0.3, -0.25) is 9.48 Å². The molecule has 4 rings (SSSR count). The number of carbonyl (C=O) groups is 1. The van der Waals surface area contributed by atoms with Crippen LogP contribution in [0, 0.1) is 6.92 Å². The second-order valence-corrected chi connectivity index (χ2v) is 9.03. The summed E-state index contributed by atoms with van der Waals surface area (Å²) in [5.74, 6) is 0.0158. The predicted molar refractivity (Wildman–Crippen MR) is 116 cm³/mol. The number of aromatic nitrogens is 2. The summed E-state index contributed by atoms with van der Waals surface area (Å²) in [6, 6.07) is 11.4. The molecule has 0 spiro atoms. The molecule has 0 atom stereocenters. The smallest absolute Gasteiger partial charge is 0.254 e. The Labute approximate surface area is 174 Å². The van der Waals surface area contributed by atoms with E-state index in [0.29, 0.717) is 11.0 Å². The van der Waals surface area contributed by atoms with Crippen molar-refractivity contribution < 1.29 is 4.79 Å². The Kier molecular flexibility index (Phi) is 6.04. The summed E-state index contributed by atoms with van der Waals surface area (Å²) >= 11 is 0. The number of nitrogens with one attached hydrogen (secondary N) is 1. The van der Waals surface area contributed by atoms with E-state index < -0.39 is 0 Å². The minimum Gasteiger partial charge on any atom is -0.349 e. The molecular weight excluding hydrogens is 360 g/mol. The SMILES string of the molecule is Cc1nn(C)cc1C(=O)NC1CCN(CC2(c3ccccc3)CCCCC2)CC1. The molecule has 1 amide bonds. The number of hydrogen-bond acceptors (Lipinski definition) is 3. The molecule has 2 aromatic rings. The maximum Gasteiger partial charge on any atom is 0.254 e. The van der Waals surface area contributed by atoms with Gasteiger partial charge in [0.2, 0.25) is 0 Å². The van der Waals surface area contributed by atoms with Gasteiger partial charge in [0.1, 0.15) is 0 Å². The molecule has 0 radical (unpaired) electrons. The standard InChI is InChI=1S/C24H34N4O/c1-19-22(17-27(2)26-19)23(29)25-21-11-15-28(16-12-21)18-24(13-7-4-8-14-24)20-9-5-3-6-10-20/h3,5-6,9-10,17,21H,4,7-8,11-16,18H2,1-2H3,(H,25,29). The van der Waals surface area contributed by atoms with Crippen LogP contribution in [0.2, 0.25) is 0 Å². The van der Waals surface area contributed by atoms with Crippen LogP contribution >= 0.6 is 0 Å². The number of piperidine rings is 1. The van der Waals surface area contributed by atoms with Crippen LogP contribution in [0.4, 0.5) is 0 Å². The summed E-state index contributed by atoms with van der Waals surface area (Å²) < 4.78 is 1.71. The Bertz CT molecular complexity index is 815. The van der Waals surface area contributed by atoms with Gasteiger partial charge in [-0.1, -0.05) is 49.6 Å². The first-order valence-electron chi connectivity index (χ1n) is 11.1. The number of likely N-dealkylation sites (tertiary alicyclic amines) is 1. The van der Waals surface area contributed by atoms with Gasteiger partial charge >= 0.3 is 0 Å². The van der Waals surface area contributed by atoms with E-state index in [-0.39, 0.29) is 11.9 Å². The molecule has 0 unspecified atom stereocenters. The topological polar surface area (TPSA) is 50.2 Å². The molecule has 1 saturated heterocycles. The molecule has 1 aromatic carbocycles. The van der Waals surface area contributed by atoms with Crippen LogP contribution < -0.4 is 5.32 Å². The van der Waals surface area contributed by atoms with Crippen LogP contribution in [-0.2, 0) is 12.5 Å². The normalized spacial score (nSPS) is 20.5. The van der Waals surface area contributed by atoms with Crippen LogP contribution in [0.15, 0.2) is 36.5 Å². The average molecular weight is 395 g/mol. The van der Waals surface area contributed by atoms with Gasteiger partial charge in [0.25, 0.3) is 5.91 Å². The zero-order valence-corrected chi connectivity index (χ0v) is 17.9. The number of aryl methyl sites for hydroxylation is 2. The third-order valence-electron chi connectivity index (χ3n) is 6.90.